The van der Waals surface area contributed by atoms with E-state index in [0.29, 0.717) is 44.2 Å². The molecule has 0 N–H and O–H groups in total. The van der Waals surface area contributed by atoms with Crippen molar-refractivity contribution in [1.29, 1.82) is 0 Å². The van der Waals surface area contributed by atoms with Crippen LogP contribution in [0.15, 0.2) is 103 Å². The van der Waals surface area contributed by atoms with Crippen LogP contribution in [-0.4, -0.2) is 37.3 Å². The van der Waals surface area contributed by atoms with Gasteiger partial charge in [0.1, 0.15) is 18.3 Å². The van der Waals surface area contributed by atoms with Gasteiger partial charge in [0.15, 0.2) is 6.29 Å². The molecule has 5 rings (SSSR count). The van der Waals surface area contributed by atoms with Crippen molar-refractivity contribution < 1.29 is 23.7 Å². The normalized spacial score (nSPS) is 27.8. The van der Waals surface area contributed by atoms with Crippen molar-refractivity contribution >= 4 is 0 Å². The van der Waals surface area contributed by atoms with E-state index in [4.69, 9.17) is 23.7 Å². The van der Waals surface area contributed by atoms with E-state index in [0.717, 1.165) is 28.7 Å². The molecule has 1 unspecified atom stereocenters. The fourth-order valence-corrected chi connectivity index (χ4v) is 6.34. The predicted octanol–water partition coefficient (Wildman–Crippen LogP) is 8.13. The Bertz CT molecular complexity index is 1230. The van der Waals surface area contributed by atoms with E-state index >= 15 is 0 Å². The second-order valence-electron chi connectivity index (χ2n) is 12.6. The third-order valence-corrected chi connectivity index (χ3v) is 8.84. The van der Waals surface area contributed by atoms with E-state index in [-0.39, 0.29) is 6.10 Å². The maximum absolute atomic E-state index is 6.86. The van der Waals surface area contributed by atoms with E-state index in [1.807, 2.05) is 54.6 Å². The third kappa shape index (κ3) is 8.87. The van der Waals surface area contributed by atoms with E-state index < -0.39 is 24.6 Å². The fourth-order valence-electron chi connectivity index (χ4n) is 6.34. The van der Waals surface area contributed by atoms with Gasteiger partial charge in [-0.15, -0.1) is 0 Å². The highest BCUT2D eigenvalue weighted by atomic mass is 16.7. The molecule has 2 fully saturated rings. The summed E-state index contributed by atoms with van der Waals surface area (Å²) in [5, 5.41) is 0. The minimum Gasteiger partial charge on any atom is -0.374 e. The van der Waals surface area contributed by atoms with Crippen LogP contribution < -0.4 is 0 Å². The average Bonchev–Trinajstić information content (AvgIpc) is 3.02. The molecule has 7 atom stereocenters. The molecule has 5 heteroatoms. The highest BCUT2D eigenvalue weighted by molar-refractivity contribution is 5.18. The van der Waals surface area contributed by atoms with Gasteiger partial charge in [0.25, 0.3) is 0 Å². The first-order valence-corrected chi connectivity index (χ1v) is 15.9. The molecular formula is C38H48O5. The van der Waals surface area contributed by atoms with Crippen LogP contribution in [0.1, 0.15) is 56.7 Å². The van der Waals surface area contributed by atoms with Gasteiger partial charge in [-0.05, 0) is 47.3 Å². The van der Waals surface area contributed by atoms with Gasteiger partial charge in [-0.25, -0.2) is 0 Å². The maximum Gasteiger partial charge on any atom is 0.183 e. The van der Waals surface area contributed by atoms with Crippen LogP contribution in [-0.2, 0) is 43.5 Å². The Morgan fingerprint density at radius 2 is 1.33 bits per heavy atom. The quantitative estimate of drug-likeness (QED) is 0.190. The first-order chi connectivity index (χ1) is 21.0. The molecule has 5 nitrogen and oxygen atoms in total. The van der Waals surface area contributed by atoms with Crippen molar-refractivity contribution in [1.82, 2.24) is 0 Å². The average molecular weight is 585 g/mol. The molecule has 1 heterocycles. The molecule has 0 aromatic heterocycles. The Morgan fingerprint density at radius 1 is 0.767 bits per heavy atom. The molecule has 1 saturated heterocycles. The first kappa shape index (κ1) is 31.6. The fraction of sp³-hybridized carbons (Fsp3) is 0.474. The zero-order valence-electron chi connectivity index (χ0n) is 26.0. The largest absolute Gasteiger partial charge is 0.374 e. The highest BCUT2D eigenvalue weighted by Gasteiger charge is 2.45. The minimum absolute atomic E-state index is 0.105. The van der Waals surface area contributed by atoms with Gasteiger partial charge in [0.2, 0.25) is 0 Å². The number of rotatable bonds is 13. The molecule has 2 aliphatic rings. The Labute approximate surface area is 258 Å². The summed E-state index contributed by atoms with van der Waals surface area (Å²) in [5.74, 6) is 1.64. The van der Waals surface area contributed by atoms with Crippen LogP contribution in [0.3, 0.4) is 0 Å². The summed E-state index contributed by atoms with van der Waals surface area (Å²) in [5.41, 5.74) is 4.08. The van der Waals surface area contributed by atoms with E-state index in [9.17, 15) is 0 Å². The van der Waals surface area contributed by atoms with Gasteiger partial charge in [-0.3, -0.25) is 0 Å². The summed E-state index contributed by atoms with van der Waals surface area (Å²) >= 11 is 0. The molecule has 230 valence electrons. The SMILES string of the molecule is C=C1C(O[C@@H]2C[C@H](C)CC[C@H]2C(C)C)O[C@H](COCc2ccccc2)[C@@H](OCc2ccccc2)[C@@H]1OCc1ccccc1. The smallest absolute Gasteiger partial charge is 0.183 e. The van der Waals surface area contributed by atoms with Crippen LogP contribution in [0.25, 0.3) is 0 Å². The van der Waals surface area contributed by atoms with Crippen LogP contribution >= 0.6 is 0 Å². The molecule has 1 aliphatic carbocycles. The molecule has 0 amide bonds. The van der Waals surface area contributed by atoms with Crippen molar-refractivity contribution in [3.63, 3.8) is 0 Å². The molecule has 3 aromatic rings. The molecule has 43 heavy (non-hydrogen) atoms. The van der Waals surface area contributed by atoms with Crippen molar-refractivity contribution in [3.05, 3.63) is 120 Å². The molecule has 1 aliphatic heterocycles. The maximum atomic E-state index is 6.86. The lowest BCUT2D eigenvalue weighted by atomic mass is 9.75. The van der Waals surface area contributed by atoms with Crippen LogP contribution in [0, 0.1) is 17.8 Å². The zero-order valence-corrected chi connectivity index (χ0v) is 26.0. The topological polar surface area (TPSA) is 46.2 Å². The van der Waals surface area contributed by atoms with Gasteiger partial charge >= 0.3 is 0 Å². The number of hydrogen-bond acceptors (Lipinski definition) is 5. The van der Waals surface area contributed by atoms with Crippen LogP contribution in [0.4, 0.5) is 0 Å². The molecule has 0 radical (unpaired) electrons. The zero-order chi connectivity index (χ0) is 30.0. The van der Waals surface area contributed by atoms with Crippen molar-refractivity contribution in [3.8, 4) is 0 Å². The summed E-state index contributed by atoms with van der Waals surface area (Å²) in [4.78, 5) is 0. The second kappa shape index (κ2) is 15.8. The lowest BCUT2D eigenvalue weighted by Crippen LogP contribution is -2.55. The van der Waals surface area contributed by atoms with E-state index in [1.165, 1.54) is 12.8 Å². The molecule has 1 saturated carbocycles. The Kier molecular flexibility index (Phi) is 11.6. The van der Waals surface area contributed by atoms with Gasteiger partial charge in [0, 0.05) is 5.57 Å². The standard InChI is InChI=1S/C38H48O5/c1-27(2)33-21-20-28(3)22-34(33)42-38-29(4)36(40-24-31-16-10-6-11-17-31)37(41-25-32-18-12-7-13-19-32)35(43-38)26-39-23-30-14-8-5-9-15-30/h5-19,27-28,33-38H,4,20-26H2,1-3H3/t28-,33+,34-,35-,36-,37-,38?/m1/s1. The number of hydrogen-bond donors (Lipinski definition) is 0. The summed E-state index contributed by atoms with van der Waals surface area (Å²) in [6.45, 7) is 13.1. The van der Waals surface area contributed by atoms with Gasteiger partial charge in [0.05, 0.1) is 32.5 Å². The lowest BCUT2D eigenvalue weighted by Gasteiger charge is -2.45. The Balaban J connectivity index is 1.38. The predicted molar refractivity (Wildman–Crippen MR) is 170 cm³/mol. The van der Waals surface area contributed by atoms with Gasteiger partial charge < -0.3 is 23.7 Å². The van der Waals surface area contributed by atoms with Crippen molar-refractivity contribution in [2.45, 2.75) is 90.6 Å². The Morgan fingerprint density at radius 3 is 1.91 bits per heavy atom. The molecule has 3 aromatic carbocycles. The Hall–Kier alpha value is -2.80. The summed E-state index contributed by atoms with van der Waals surface area (Å²) in [7, 11) is 0. The molecule has 0 bridgehead atoms. The minimum atomic E-state index is -0.598. The highest BCUT2D eigenvalue weighted by Crippen LogP contribution is 2.39. The molecule has 0 spiro atoms. The van der Waals surface area contributed by atoms with E-state index in [1.54, 1.807) is 0 Å². The monoisotopic (exact) mass is 584 g/mol. The first-order valence-electron chi connectivity index (χ1n) is 15.9. The molecular weight excluding hydrogens is 536 g/mol. The van der Waals surface area contributed by atoms with Gasteiger partial charge in [-0.2, -0.15) is 0 Å². The lowest BCUT2D eigenvalue weighted by molar-refractivity contribution is -0.268. The van der Waals surface area contributed by atoms with Gasteiger partial charge in [-0.1, -0.05) is 125 Å². The summed E-state index contributed by atoms with van der Waals surface area (Å²) in [6.07, 6.45) is 1.69. The van der Waals surface area contributed by atoms with Crippen LogP contribution in [0.5, 0.6) is 0 Å². The van der Waals surface area contributed by atoms with E-state index in [2.05, 4.69) is 63.7 Å². The van der Waals surface area contributed by atoms with Crippen LogP contribution in [0.2, 0.25) is 0 Å². The summed E-state index contributed by atoms with van der Waals surface area (Å²) in [6, 6.07) is 30.6. The number of benzene rings is 3. The third-order valence-electron chi connectivity index (χ3n) is 8.84. The second-order valence-corrected chi connectivity index (χ2v) is 12.6. The summed E-state index contributed by atoms with van der Waals surface area (Å²) < 4.78 is 33.1. The number of ether oxygens (including phenoxy) is 5. The van der Waals surface area contributed by atoms with Crippen molar-refractivity contribution in [2.75, 3.05) is 6.61 Å². The van der Waals surface area contributed by atoms with Crippen molar-refractivity contribution in [2.24, 2.45) is 17.8 Å².